The van der Waals surface area contributed by atoms with Gasteiger partial charge in [0.2, 0.25) is 0 Å². The number of rotatable bonds is 7. The molecule has 1 saturated carbocycles. The van der Waals surface area contributed by atoms with Gasteiger partial charge in [-0.2, -0.15) is 5.26 Å². The highest BCUT2D eigenvalue weighted by atomic mass is 16.5. The lowest BCUT2D eigenvalue weighted by molar-refractivity contribution is 0.122. The standard InChI is InChI=1S/C29H29N5O2/c1-35-27-16-21(34-12-14-36-15-13-34)8-9-22(27)26-17-23-28(24(19-6-7-19)18-31-29(23)33-26)32-25-5-3-2-4-20(25)10-11-30/h2-5,8-9,16-19H,6-7,10,12-15H2,1H3,(H2,31,32,33). The number of fused-ring (bicyclic) bond motifs is 1. The highest BCUT2D eigenvalue weighted by Gasteiger charge is 2.28. The van der Waals surface area contributed by atoms with E-state index in [9.17, 15) is 5.26 Å². The molecule has 1 aliphatic heterocycles. The lowest BCUT2D eigenvalue weighted by Gasteiger charge is -2.29. The second kappa shape index (κ2) is 9.56. The summed E-state index contributed by atoms with van der Waals surface area (Å²) in [5.74, 6) is 1.34. The van der Waals surface area contributed by atoms with Crippen LogP contribution in [0.4, 0.5) is 17.1 Å². The van der Waals surface area contributed by atoms with Crippen molar-refractivity contribution in [2.24, 2.45) is 0 Å². The van der Waals surface area contributed by atoms with Gasteiger partial charge in [0.1, 0.15) is 11.4 Å². The predicted octanol–water partition coefficient (Wildman–Crippen LogP) is 5.76. The molecule has 0 spiro atoms. The third kappa shape index (κ3) is 4.25. The molecule has 2 N–H and O–H groups in total. The fraction of sp³-hybridized carbons (Fsp3) is 0.310. The van der Waals surface area contributed by atoms with Gasteiger partial charge in [-0.15, -0.1) is 0 Å². The zero-order chi connectivity index (χ0) is 24.5. The largest absolute Gasteiger partial charge is 0.496 e. The van der Waals surface area contributed by atoms with Crippen molar-refractivity contribution in [3.8, 4) is 23.1 Å². The second-order valence-corrected chi connectivity index (χ2v) is 9.41. The number of anilines is 3. The van der Waals surface area contributed by atoms with Gasteiger partial charge in [-0.3, -0.25) is 0 Å². The Morgan fingerprint density at radius 3 is 2.78 bits per heavy atom. The van der Waals surface area contributed by atoms with Crippen molar-refractivity contribution in [1.29, 1.82) is 5.26 Å². The summed E-state index contributed by atoms with van der Waals surface area (Å²) < 4.78 is 11.3. The fourth-order valence-electron chi connectivity index (χ4n) is 5.02. The molecule has 0 amide bonds. The summed E-state index contributed by atoms with van der Waals surface area (Å²) in [5.41, 5.74) is 8.18. The van der Waals surface area contributed by atoms with Gasteiger partial charge in [-0.1, -0.05) is 18.2 Å². The first-order chi connectivity index (χ1) is 17.7. The van der Waals surface area contributed by atoms with Crippen LogP contribution in [0.5, 0.6) is 5.75 Å². The molecule has 1 aliphatic carbocycles. The third-order valence-electron chi connectivity index (χ3n) is 7.10. The summed E-state index contributed by atoms with van der Waals surface area (Å²) in [4.78, 5) is 10.6. The SMILES string of the molecule is COc1cc(N2CCOCC2)ccc1-c1cc2c(Nc3ccccc3CC#N)c(C3CC3)cnc2[nH]1. The van der Waals surface area contributed by atoms with E-state index >= 15 is 0 Å². The Hall–Kier alpha value is -4.02. The quantitative estimate of drug-likeness (QED) is 0.350. The number of aromatic amines is 1. The van der Waals surface area contributed by atoms with Gasteiger partial charge in [0.05, 0.1) is 44.2 Å². The van der Waals surface area contributed by atoms with Gasteiger partial charge in [-0.05, 0) is 54.2 Å². The molecular formula is C29H29N5O2. The van der Waals surface area contributed by atoms with E-state index in [4.69, 9.17) is 14.5 Å². The van der Waals surface area contributed by atoms with E-state index in [0.717, 1.165) is 77.0 Å². The van der Waals surface area contributed by atoms with Crippen molar-refractivity contribution in [3.63, 3.8) is 0 Å². The number of para-hydroxylation sites is 1. The number of hydrogen-bond donors (Lipinski definition) is 2. The van der Waals surface area contributed by atoms with Crippen molar-refractivity contribution in [2.75, 3.05) is 43.6 Å². The van der Waals surface area contributed by atoms with Crippen LogP contribution < -0.4 is 15.0 Å². The predicted molar refractivity (Wildman–Crippen MR) is 142 cm³/mol. The maximum Gasteiger partial charge on any atom is 0.139 e. The summed E-state index contributed by atoms with van der Waals surface area (Å²) in [7, 11) is 1.72. The number of nitrogens with zero attached hydrogens (tertiary/aromatic N) is 3. The van der Waals surface area contributed by atoms with Gasteiger partial charge in [0.25, 0.3) is 0 Å². The molecule has 2 fully saturated rings. The average Bonchev–Trinajstić information content (AvgIpc) is 3.68. The molecule has 1 saturated heterocycles. The minimum absolute atomic E-state index is 0.362. The van der Waals surface area contributed by atoms with Crippen LogP contribution in [-0.2, 0) is 11.2 Å². The Bertz CT molecular complexity index is 1440. The van der Waals surface area contributed by atoms with Crippen LogP contribution in [0.1, 0.15) is 29.9 Å². The third-order valence-corrected chi connectivity index (χ3v) is 7.10. The number of nitriles is 1. The topological polar surface area (TPSA) is 86.2 Å². The molecule has 36 heavy (non-hydrogen) atoms. The highest BCUT2D eigenvalue weighted by Crippen LogP contribution is 2.47. The van der Waals surface area contributed by atoms with Crippen molar-refractivity contribution in [2.45, 2.75) is 25.2 Å². The number of pyridine rings is 1. The molecular weight excluding hydrogens is 450 g/mol. The average molecular weight is 480 g/mol. The van der Waals surface area contributed by atoms with Crippen molar-refractivity contribution < 1.29 is 9.47 Å². The minimum Gasteiger partial charge on any atom is -0.496 e. The van der Waals surface area contributed by atoms with Crippen LogP contribution in [0.15, 0.2) is 54.7 Å². The van der Waals surface area contributed by atoms with E-state index in [1.807, 2.05) is 30.5 Å². The van der Waals surface area contributed by atoms with E-state index in [-0.39, 0.29) is 0 Å². The number of aromatic nitrogens is 2. The molecule has 0 atom stereocenters. The zero-order valence-corrected chi connectivity index (χ0v) is 20.4. The lowest BCUT2D eigenvalue weighted by Crippen LogP contribution is -2.36. The molecule has 3 heterocycles. The van der Waals surface area contributed by atoms with Crippen LogP contribution in [-0.4, -0.2) is 43.4 Å². The molecule has 2 aromatic heterocycles. The summed E-state index contributed by atoms with van der Waals surface area (Å²) in [6.07, 6.45) is 4.71. The molecule has 0 unspecified atom stereocenters. The Morgan fingerprint density at radius 2 is 2.00 bits per heavy atom. The van der Waals surface area contributed by atoms with E-state index in [1.165, 1.54) is 18.4 Å². The summed E-state index contributed by atoms with van der Waals surface area (Å²) in [5, 5.41) is 14.0. The highest BCUT2D eigenvalue weighted by molar-refractivity contribution is 5.97. The maximum absolute atomic E-state index is 9.30. The number of hydrogen-bond acceptors (Lipinski definition) is 6. The summed E-state index contributed by atoms with van der Waals surface area (Å²) in [6, 6.07) is 18.8. The van der Waals surface area contributed by atoms with Crippen molar-refractivity contribution >= 4 is 28.1 Å². The van der Waals surface area contributed by atoms with Crippen LogP contribution in [0.25, 0.3) is 22.3 Å². The maximum atomic E-state index is 9.30. The Labute approximate surface area is 210 Å². The molecule has 6 rings (SSSR count). The first-order valence-electron chi connectivity index (χ1n) is 12.5. The first kappa shape index (κ1) is 22.4. The van der Waals surface area contributed by atoms with Crippen LogP contribution in [0.2, 0.25) is 0 Å². The number of H-pyrrole nitrogens is 1. The fourth-order valence-corrected chi connectivity index (χ4v) is 5.02. The van der Waals surface area contributed by atoms with Gasteiger partial charge in [-0.25, -0.2) is 4.98 Å². The molecule has 4 aromatic rings. The van der Waals surface area contributed by atoms with Crippen molar-refractivity contribution in [3.05, 3.63) is 65.9 Å². The number of methoxy groups -OCH3 is 1. The Morgan fingerprint density at radius 1 is 1.17 bits per heavy atom. The first-order valence-corrected chi connectivity index (χ1v) is 12.5. The van der Waals surface area contributed by atoms with Crippen LogP contribution in [0.3, 0.4) is 0 Å². The van der Waals surface area contributed by atoms with Gasteiger partial charge < -0.3 is 24.7 Å². The van der Waals surface area contributed by atoms with Gasteiger partial charge in [0, 0.05) is 47.7 Å². The summed E-state index contributed by atoms with van der Waals surface area (Å²) in [6.45, 7) is 3.25. The Kier molecular flexibility index (Phi) is 5.96. The van der Waals surface area contributed by atoms with E-state index < -0.39 is 0 Å². The van der Waals surface area contributed by atoms with Crippen LogP contribution >= 0.6 is 0 Å². The Balaban J connectivity index is 1.42. The molecule has 182 valence electrons. The molecule has 2 aliphatic rings. The second-order valence-electron chi connectivity index (χ2n) is 9.41. The molecule has 0 bridgehead atoms. The van der Waals surface area contributed by atoms with Gasteiger partial charge >= 0.3 is 0 Å². The molecule has 7 nitrogen and oxygen atoms in total. The number of morpholine rings is 1. The molecule has 2 aromatic carbocycles. The zero-order valence-electron chi connectivity index (χ0n) is 20.4. The number of benzene rings is 2. The van der Waals surface area contributed by atoms with Gasteiger partial charge in [0.15, 0.2) is 0 Å². The lowest BCUT2D eigenvalue weighted by atomic mass is 10.1. The molecule has 0 radical (unpaired) electrons. The summed E-state index contributed by atoms with van der Waals surface area (Å²) >= 11 is 0. The van der Waals surface area contributed by atoms with Crippen molar-refractivity contribution in [1.82, 2.24) is 9.97 Å². The normalized spacial score (nSPS) is 15.6. The minimum atomic E-state index is 0.362. The number of ether oxygens (including phenoxy) is 2. The number of nitrogens with one attached hydrogen (secondary N) is 2. The molecule has 7 heteroatoms. The van der Waals surface area contributed by atoms with E-state index in [2.05, 4.69) is 45.5 Å². The smallest absolute Gasteiger partial charge is 0.139 e. The monoisotopic (exact) mass is 479 g/mol. The van der Waals surface area contributed by atoms with E-state index in [1.54, 1.807) is 7.11 Å². The van der Waals surface area contributed by atoms with Crippen LogP contribution in [0, 0.1) is 11.3 Å². The van der Waals surface area contributed by atoms with E-state index in [0.29, 0.717) is 12.3 Å².